The molecule has 0 saturated carbocycles. The molecule has 1 rings (SSSR count). The molecule has 0 aliphatic carbocycles. The number of aliphatic hydroxyl groups excluding tert-OH is 1. The van der Waals surface area contributed by atoms with Gasteiger partial charge in [0.2, 0.25) is 0 Å². The molecular formula is C10H16N2O. The Morgan fingerprint density at radius 2 is 2.38 bits per heavy atom. The van der Waals surface area contributed by atoms with Crippen molar-refractivity contribution in [1.82, 2.24) is 9.78 Å². The fourth-order valence-electron chi connectivity index (χ4n) is 1.13. The van der Waals surface area contributed by atoms with E-state index in [0.717, 1.165) is 12.1 Å². The second-order valence-corrected chi connectivity index (χ2v) is 3.47. The Labute approximate surface area is 78.7 Å². The molecule has 0 aromatic carbocycles. The fourth-order valence-corrected chi connectivity index (χ4v) is 1.13. The largest absolute Gasteiger partial charge is 0.392 e. The Balaban J connectivity index is 2.58. The second kappa shape index (κ2) is 4.82. The first-order valence-electron chi connectivity index (χ1n) is 4.52. The first kappa shape index (κ1) is 9.99. The van der Waals surface area contributed by atoms with Crippen molar-refractivity contribution in [2.75, 3.05) is 6.61 Å². The summed E-state index contributed by atoms with van der Waals surface area (Å²) < 4.78 is 1.92. The van der Waals surface area contributed by atoms with Crippen molar-refractivity contribution < 1.29 is 5.11 Å². The molecule has 1 aromatic rings. The Morgan fingerprint density at radius 3 is 3.00 bits per heavy atom. The molecule has 0 aliphatic heterocycles. The van der Waals surface area contributed by atoms with Crippen LogP contribution >= 0.6 is 0 Å². The van der Waals surface area contributed by atoms with Crippen LogP contribution in [0.5, 0.6) is 0 Å². The van der Waals surface area contributed by atoms with E-state index in [0.29, 0.717) is 5.92 Å². The Hall–Kier alpha value is -1.09. The highest BCUT2D eigenvalue weighted by Crippen LogP contribution is 2.03. The third-order valence-electron chi connectivity index (χ3n) is 1.62. The molecule has 0 saturated heterocycles. The van der Waals surface area contributed by atoms with Crippen molar-refractivity contribution in [1.29, 1.82) is 0 Å². The van der Waals surface area contributed by atoms with Gasteiger partial charge in [0.15, 0.2) is 0 Å². The summed E-state index contributed by atoms with van der Waals surface area (Å²) in [6.07, 6.45) is 7.35. The van der Waals surface area contributed by atoms with Gasteiger partial charge in [-0.15, -0.1) is 0 Å². The lowest BCUT2D eigenvalue weighted by atomic mass is 10.2. The van der Waals surface area contributed by atoms with E-state index in [-0.39, 0.29) is 6.61 Å². The fraction of sp³-hybridized carbons (Fsp3) is 0.500. The molecule has 0 unspecified atom stereocenters. The third-order valence-corrected chi connectivity index (χ3v) is 1.62. The van der Waals surface area contributed by atoms with Crippen molar-refractivity contribution in [2.24, 2.45) is 5.92 Å². The van der Waals surface area contributed by atoms with Crippen LogP contribution in [-0.4, -0.2) is 21.5 Å². The van der Waals surface area contributed by atoms with Crippen molar-refractivity contribution in [2.45, 2.75) is 20.4 Å². The van der Waals surface area contributed by atoms with Gasteiger partial charge in [0.1, 0.15) is 0 Å². The van der Waals surface area contributed by atoms with E-state index in [1.54, 1.807) is 12.3 Å². The third kappa shape index (κ3) is 3.42. The van der Waals surface area contributed by atoms with Crippen LogP contribution in [0.15, 0.2) is 18.5 Å². The van der Waals surface area contributed by atoms with Crippen LogP contribution in [0.3, 0.4) is 0 Å². The van der Waals surface area contributed by atoms with Gasteiger partial charge in [-0.25, -0.2) is 0 Å². The summed E-state index contributed by atoms with van der Waals surface area (Å²) in [6, 6.07) is 0. The highest BCUT2D eigenvalue weighted by Gasteiger charge is 1.97. The predicted molar refractivity (Wildman–Crippen MR) is 53.2 cm³/mol. The van der Waals surface area contributed by atoms with Crippen molar-refractivity contribution in [3.8, 4) is 0 Å². The lowest BCUT2D eigenvalue weighted by Crippen LogP contribution is -2.03. The summed E-state index contributed by atoms with van der Waals surface area (Å²) in [7, 11) is 0. The van der Waals surface area contributed by atoms with Crippen LogP contribution < -0.4 is 0 Å². The molecule has 1 N–H and O–H groups in total. The molecule has 0 amide bonds. The lowest BCUT2D eigenvalue weighted by molar-refractivity contribution is 0.343. The van der Waals surface area contributed by atoms with Gasteiger partial charge < -0.3 is 5.11 Å². The van der Waals surface area contributed by atoms with Crippen LogP contribution in [0, 0.1) is 5.92 Å². The van der Waals surface area contributed by atoms with Crippen LogP contribution in [0.1, 0.15) is 19.4 Å². The molecular weight excluding hydrogens is 164 g/mol. The minimum atomic E-state index is 0.0787. The van der Waals surface area contributed by atoms with E-state index < -0.39 is 0 Å². The molecule has 3 nitrogen and oxygen atoms in total. The number of aliphatic hydroxyl groups is 1. The highest BCUT2D eigenvalue weighted by atomic mass is 16.2. The summed E-state index contributed by atoms with van der Waals surface area (Å²) in [5.41, 5.74) is 1.04. The van der Waals surface area contributed by atoms with Crippen molar-refractivity contribution >= 4 is 6.08 Å². The van der Waals surface area contributed by atoms with E-state index in [4.69, 9.17) is 5.11 Å². The molecule has 1 aromatic heterocycles. The standard InChI is InChI=1S/C10H16N2O/c1-9(2)7-12-8-10(6-11-12)4-3-5-13/h3-4,6,8-9,13H,5,7H2,1-2H3/b4-3+. The summed E-state index contributed by atoms with van der Waals surface area (Å²) in [6.45, 7) is 5.33. The highest BCUT2D eigenvalue weighted by molar-refractivity contribution is 5.46. The van der Waals surface area contributed by atoms with Crippen LogP contribution in [0.4, 0.5) is 0 Å². The second-order valence-electron chi connectivity index (χ2n) is 3.47. The Morgan fingerprint density at radius 1 is 1.62 bits per heavy atom. The van der Waals surface area contributed by atoms with Crippen LogP contribution in [0.2, 0.25) is 0 Å². The summed E-state index contributed by atoms with van der Waals surface area (Å²) in [5.74, 6) is 0.606. The molecule has 0 radical (unpaired) electrons. The Kier molecular flexibility index (Phi) is 3.71. The molecule has 3 heteroatoms. The minimum Gasteiger partial charge on any atom is -0.392 e. The molecule has 0 atom stereocenters. The van der Waals surface area contributed by atoms with Crippen molar-refractivity contribution in [3.63, 3.8) is 0 Å². The molecule has 0 spiro atoms. The first-order valence-corrected chi connectivity index (χ1v) is 4.52. The van der Waals surface area contributed by atoms with Gasteiger partial charge in [-0.05, 0) is 5.92 Å². The normalized spacial score (nSPS) is 11.7. The van der Waals surface area contributed by atoms with E-state index >= 15 is 0 Å². The number of hydrogen-bond acceptors (Lipinski definition) is 2. The molecule has 0 bridgehead atoms. The average Bonchev–Trinajstić information content (AvgIpc) is 2.48. The quantitative estimate of drug-likeness (QED) is 0.763. The maximum atomic E-state index is 8.57. The Bertz CT molecular complexity index is 276. The number of aromatic nitrogens is 2. The smallest absolute Gasteiger partial charge is 0.0615 e. The number of nitrogens with zero attached hydrogens (tertiary/aromatic N) is 2. The molecule has 1 heterocycles. The SMILES string of the molecule is CC(C)Cn1cc(/C=C/CO)cn1. The van der Waals surface area contributed by atoms with Gasteiger partial charge in [-0.3, -0.25) is 4.68 Å². The summed E-state index contributed by atoms with van der Waals surface area (Å²) in [4.78, 5) is 0. The van der Waals surface area contributed by atoms with Crippen molar-refractivity contribution in [3.05, 3.63) is 24.0 Å². The zero-order valence-electron chi connectivity index (χ0n) is 8.14. The van der Waals surface area contributed by atoms with Gasteiger partial charge in [0, 0.05) is 18.3 Å². The minimum absolute atomic E-state index is 0.0787. The van der Waals surface area contributed by atoms with Gasteiger partial charge in [0.05, 0.1) is 12.8 Å². The molecule has 13 heavy (non-hydrogen) atoms. The van der Waals surface area contributed by atoms with E-state index in [1.165, 1.54) is 0 Å². The van der Waals surface area contributed by atoms with Crippen LogP contribution in [-0.2, 0) is 6.54 Å². The first-order chi connectivity index (χ1) is 6.22. The summed E-state index contributed by atoms with van der Waals surface area (Å²) in [5, 5.41) is 12.8. The van der Waals surface area contributed by atoms with Gasteiger partial charge in [-0.1, -0.05) is 26.0 Å². The predicted octanol–water partition coefficient (Wildman–Crippen LogP) is 1.54. The molecule has 0 aliphatic rings. The average molecular weight is 180 g/mol. The molecule has 72 valence electrons. The van der Waals surface area contributed by atoms with Gasteiger partial charge >= 0.3 is 0 Å². The van der Waals surface area contributed by atoms with E-state index in [9.17, 15) is 0 Å². The monoisotopic (exact) mass is 180 g/mol. The van der Waals surface area contributed by atoms with Gasteiger partial charge in [-0.2, -0.15) is 5.10 Å². The molecule has 0 fully saturated rings. The number of rotatable bonds is 4. The lowest BCUT2D eigenvalue weighted by Gasteiger charge is -2.02. The van der Waals surface area contributed by atoms with Crippen LogP contribution in [0.25, 0.3) is 6.08 Å². The van der Waals surface area contributed by atoms with E-state index in [2.05, 4.69) is 18.9 Å². The summed E-state index contributed by atoms with van der Waals surface area (Å²) >= 11 is 0. The maximum Gasteiger partial charge on any atom is 0.0615 e. The zero-order chi connectivity index (χ0) is 9.68. The van der Waals surface area contributed by atoms with Gasteiger partial charge in [0.25, 0.3) is 0 Å². The number of hydrogen-bond donors (Lipinski definition) is 1. The van der Waals surface area contributed by atoms with E-state index in [1.807, 2.05) is 17.0 Å². The zero-order valence-corrected chi connectivity index (χ0v) is 8.14. The maximum absolute atomic E-state index is 8.57. The topological polar surface area (TPSA) is 38.0 Å².